The van der Waals surface area contributed by atoms with Crippen LogP contribution in [-0.2, 0) is 0 Å². The Labute approximate surface area is 114 Å². The van der Waals surface area contributed by atoms with E-state index in [0.29, 0.717) is 18.8 Å². The monoisotopic (exact) mass is 318 g/mol. The van der Waals surface area contributed by atoms with Gasteiger partial charge < -0.3 is 10.2 Å². The normalized spacial score (nSPS) is 24.4. The third kappa shape index (κ3) is 2.67. The third-order valence-corrected chi connectivity index (χ3v) is 4.19. The highest BCUT2D eigenvalue weighted by Gasteiger charge is 2.30. The van der Waals surface area contributed by atoms with Crippen LogP contribution in [0.25, 0.3) is 0 Å². The molecule has 0 aromatic heterocycles. The van der Waals surface area contributed by atoms with E-state index in [1.807, 2.05) is 4.90 Å². The quantitative estimate of drug-likeness (QED) is 0.842. The second-order valence-electron chi connectivity index (χ2n) is 4.98. The lowest BCUT2D eigenvalue weighted by Gasteiger charge is -2.42. The minimum atomic E-state index is -0.428. The van der Waals surface area contributed by atoms with E-state index in [1.54, 1.807) is 0 Å². The smallest absolute Gasteiger partial charge is 0.147 e. The van der Waals surface area contributed by atoms with Crippen LogP contribution in [0.2, 0.25) is 0 Å². The first-order valence-corrected chi connectivity index (χ1v) is 6.89. The predicted octanol–water partition coefficient (Wildman–Crippen LogP) is 3.31. The lowest BCUT2D eigenvalue weighted by molar-refractivity contribution is 0.312. The molecule has 100 valence electrons. The van der Waals surface area contributed by atoms with E-state index in [-0.39, 0.29) is 15.8 Å². The fourth-order valence-electron chi connectivity index (χ4n) is 2.25. The molecule has 2 nitrogen and oxygen atoms in total. The van der Waals surface area contributed by atoms with E-state index < -0.39 is 5.82 Å². The van der Waals surface area contributed by atoms with Crippen molar-refractivity contribution in [1.82, 2.24) is 5.32 Å². The Morgan fingerprint density at radius 3 is 2.78 bits per heavy atom. The summed E-state index contributed by atoms with van der Waals surface area (Å²) in [7, 11) is 0. The van der Waals surface area contributed by atoms with Crippen molar-refractivity contribution >= 4 is 21.6 Å². The van der Waals surface area contributed by atoms with E-state index in [1.165, 1.54) is 12.1 Å². The van der Waals surface area contributed by atoms with Crippen molar-refractivity contribution in [2.45, 2.75) is 25.8 Å². The molecule has 0 bridgehead atoms. The first kappa shape index (κ1) is 13.7. The summed E-state index contributed by atoms with van der Waals surface area (Å²) in [5, 5.41) is 3.42. The van der Waals surface area contributed by atoms with Gasteiger partial charge >= 0.3 is 0 Å². The molecule has 5 heteroatoms. The Hall–Kier alpha value is -0.680. The van der Waals surface area contributed by atoms with E-state index in [0.717, 1.165) is 13.0 Å². The SMILES string of the molecule is CCC1(C)CN(c2cc(F)c(Br)cc2F)CCN1. The molecule has 0 radical (unpaired) electrons. The van der Waals surface area contributed by atoms with Crippen LogP contribution in [0.5, 0.6) is 0 Å². The maximum absolute atomic E-state index is 13.9. The van der Waals surface area contributed by atoms with Gasteiger partial charge in [0.25, 0.3) is 0 Å². The minimum absolute atomic E-state index is 0.0474. The van der Waals surface area contributed by atoms with Crippen molar-refractivity contribution < 1.29 is 8.78 Å². The number of hydrogen-bond acceptors (Lipinski definition) is 2. The lowest BCUT2D eigenvalue weighted by Crippen LogP contribution is -2.58. The van der Waals surface area contributed by atoms with Crippen molar-refractivity contribution in [3.63, 3.8) is 0 Å². The molecule has 1 heterocycles. The second kappa shape index (κ2) is 5.13. The van der Waals surface area contributed by atoms with Gasteiger partial charge in [-0.3, -0.25) is 0 Å². The van der Waals surface area contributed by atoms with Crippen molar-refractivity contribution in [2.24, 2.45) is 0 Å². The Morgan fingerprint density at radius 1 is 1.39 bits per heavy atom. The summed E-state index contributed by atoms with van der Waals surface area (Å²) in [5.41, 5.74) is 0.297. The number of rotatable bonds is 2. The summed E-state index contributed by atoms with van der Waals surface area (Å²) in [6.07, 6.45) is 0.949. The van der Waals surface area contributed by atoms with Crippen molar-refractivity contribution in [3.05, 3.63) is 28.2 Å². The number of benzene rings is 1. The summed E-state index contributed by atoms with van der Waals surface area (Å²) in [6.45, 7) is 6.35. The third-order valence-electron chi connectivity index (χ3n) is 3.58. The molecule has 1 aliphatic rings. The van der Waals surface area contributed by atoms with Crippen LogP contribution in [0.1, 0.15) is 20.3 Å². The predicted molar refractivity (Wildman–Crippen MR) is 73.0 cm³/mol. The maximum Gasteiger partial charge on any atom is 0.147 e. The highest BCUT2D eigenvalue weighted by molar-refractivity contribution is 9.10. The van der Waals surface area contributed by atoms with Crippen LogP contribution in [0.3, 0.4) is 0 Å². The highest BCUT2D eigenvalue weighted by Crippen LogP contribution is 2.28. The molecule has 1 aliphatic heterocycles. The van der Waals surface area contributed by atoms with Gasteiger partial charge in [0.2, 0.25) is 0 Å². The van der Waals surface area contributed by atoms with E-state index in [2.05, 4.69) is 35.1 Å². The van der Waals surface area contributed by atoms with Crippen LogP contribution in [0.15, 0.2) is 16.6 Å². The summed E-state index contributed by atoms with van der Waals surface area (Å²) in [5.74, 6) is -0.813. The molecule has 1 aromatic carbocycles. The molecular weight excluding hydrogens is 302 g/mol. The van der Waals surface area contributed by atoms with Gasteiger partial charge in [0.15, 0.2) is 0 Å². The van der Waals surface area contributed by atoms with Crippen molar-refractivity contribution in [1.29, 1.82) is 0 Å². The van der Waals surface area contributed by atoms with E-state index in [4.69, 9.17) is 0 Å². The summed E-state index contributed by atoms with van der Waals surface area (Å²) in [4.78, 5) is 1.91. The lowest BCUT2D eigenvalue weighted by atomic mass is 9.95. The maximum atomic E-state index is 13.9. The molecule has 2 rings (SSSR count). The van der Waals surface area contributed by atoms with Gasteiger partial charge in [-0.1, -0.05) is 6.92 Å². The summed E-state index contributed by atoms with van der Waals surface area (Å²) in [6, 6.07) is 2.46. The summed E-state index contributed by atoms with van der Waals surface area (Å²) < 4.78 is 27.6. The Morgan fingerprint density at radius 2 is 2.11 bits per heavy atom. The first-order valence-electron chi connectivity index (χ1n) is 6.10. The molecule has 1 aromatic rings. The van der Waals surface area contributed by atoms with Crippen molar-refractivity contribution in [2.75, 3.05) is 24.5 Å². The Kier molecular flexibility index (Phi) is 3.92. The molecule has 0 spiro atoms. The fraction of sp³-hybridized carbons (Fsp3) is 0.538. The van der Waals surface area contributed by atoms with Crippen LogP contribution in [-0.4, -0.2) is 25.2 Å². The van der Waals surface area contributed by atoms with Gasteiger partial charge in [-0.2, -0.15) is 0 Å². The molecule has 0 aliphatic carbocycles. The van der Waals surface area contributed by atoms with Gasteiger partial charge in [-0.05, 0) is 35.3 Å². The number of nitrogens with zero attached hydrogens (tertiary/aromatic N) is 1. The van der Waals surface area contributed by atoms with Gasteiger partial charge in [-0.25, -0.2) is 8.78 Å². The summed E-state index contributed by atoms with van der Waals surface area (Å²) >= 11 is 2.99. The average Bonchev–Trinajstić information content (AvgIpc) is 2.34. The highest BCUT2D eigenvalue weighted by atomic mass is 79.9. The first-order chi connectivity index (χ1) is 8.45. The van der Waals surface area contributed by atoms with Crippen molar-refractivity contribution in [3.8, 4) is 0 Å². The largest absolute Gasteiger partial charge is 0.366 e. The topological polar surface area (TPSA) is 15.3 Å². The molecular formula is C13H17BrF2N2. The van der Waals surface area contributed by atoms with Gasteiger partial charge in [0.05, 0.1) is 10.2 Å². The molecule has 1 N–H and O–H groups in total. The average molecular weight is 319 g/mol. The molecule has 1 atom stereocenters. The molecule has 1 fully saturated rings. The second-order valence-corrected chi connectivity index (χ2v) is 5.83. The molecule has 1 unspecified atom stereocenters. The number of piperazine rings is 1. The number of halogens is 3. The van der Waals surface area contributed by atoms with Crippen LogP contribution < -0.4 is 10.2 Å². The molecule has 1 saturated heterocycles. The standard InChI is InChI=1S/C13H17BrF2N2/c1-3-13(2)8-18(5-4-17-13)12-7-10(15)9(14)6-11(12)16/h6-7,17H,3-5,8H2,1-2H3. The molecule has 18 heavy (non-hydrogen) atoms. The van der Waals surface area contributed by atoms with Gasteiger partial charge in [0.1, 0.15) is 11.6 Å². The fourth-order valence-corrected chi connectivity index (χ4v) is 2.56. The Balaban J connectivity index is 2.29. The number of nitrogens with one attached hydrogen (secondary N) is 1. The number of hydrogen-bond donors (Lipinski definition) is 1. The zero-order chi connectivity index (χ0) is 13.3. The minimum Gasteiger partial charge on any atom is -0.366 e. The Bertz CT molecular complexity index is 453. The van der Waals surface area contributed by atoms with Gasteiger partial charge in [-0.15, -0.1) is 0 Å². The zero-order valence-electron chi connectivity index (χ0n) is 10.6. The van der Waals surface area contributed by atoms with Crippen LogP contribution in [0.4, 0.5) is 14.5 Å². The van der Waals surface area contributed by atoms with Crippen LogP contribution in [0, 0.1) is 11.6 Å². The number of anilines is 1. The molecule has 0 saturated carbocycles. The zero-order valence-corrected chi connectivity index (χ0v) is 12.2. The molecule has 0 amide bonds. The van der Waals surface area contributed by atoms with E-state index >= 15 is 0 Å². The van der Waals surface area contributed by atoms with E-state index in [9.17, 15) is 8.78 Å². The van der Waals surface area contributed by atoms with Gasteiger partial charge in [0, 0.05) is 31.2 Å². The van der Waals surface area contributed by atoms with Crippen LogP contribution >= 0.6 is 15.9 Å².